The maximum absolute atomic E-state index is 12.4. The molecule has 21 heavy (non-hydrogen) atoms. The summed E-state index contributed by atoms with van der Waals surface area (Å²) >= 11 is 0. The molecule has 1 aromatic carbocycles. The minimum Gasteiger partial charge on any atom is -0.362 e. The number of nitrogens with one attached hydrogen (secondary N) is 1. The lowest BCUT2D eigenvalue weighted by molar-refractivity contribution is -0.126. The van der Waals surface area contributed by atoms with Gasteiger partial charge in [-0.3, -0.25) is 9.69 Å². The maximum Gasteiger partial charge on any atom is 0.324 e. The van der Waals surface area contributed by atoms with Crippen molar-refractivity contribution in [3.05, 3.63) is 30.3 Å². The Balaban J connectivity index is 1.69. The second-order valence-electron chi connectivity index (χ2n) is 5.79. The third-order valence-electron chi connectivity index (χ3n) is 4.31. The van der Waals surface area contributed by atoms with Crippen LogP contribution in [0.2, 0.25) is 0 Å². The molecule has 1 saturated carbocycles. The molecule has 1 saturated heterocycles. The van der Waals surface area contributed by atoms with Crippen molar-refractivity contribution in [2.45, 2.75) is 19.3 Å². The second kappa shape index (κ2) is 6.16. The largest absolute Gasteiger partial charge is 0.362 e. The molecule has 2 fully saturated rings. The fourth-order valence-electron chi connectivity index (χ4n) is 2.85. The first kappa shape index (κ1) is 13.9. The number of hydrogen-bond acceptors (Lipinski definition) is 3. The van der Waals surface area contributed by atoms with Crippen LogP contribution in [-0.2, 0) is 4.79 Å². The standard InChI is InChI=1S/C16H21N3O2/c20-15(19-10-9-17-16(19)21)12-18(11-13-5-4-6-13)14-7-2-1-3-8-14/h1-3,7-8,13H,4-6,9-12H2,(H,17,21). The maximum atomic E-state index is 12.4. The Hall–Kier alpha value is -2.04. The van der Waals surface area contributed by atoms with Crippen LogP contribution in [0.25, 0.3) is 0 Å². The number of carbonyl (C=O) groups excluding carboxylic acids is 2. The van der Waals surface area contributed by atoms with Crippen molar-refractivity contribution in [2.24, 2.45) is 5.92 Å². The molecule has 0 unspecified atom stereocenters. The summed E-state index contributed by atoms with van der Waals surface area (Å²) in [6.07, 6.45) is 3.76. The van der Waals surface area contributed by atoms with E-state index in [0.29, 0.717) is 19.0 Å². The van der Waals surface area contributed by atoms with Crippen LogP contribution in [0, 0.1) is 5.92 Å². The minimum absolute atomic E-state index is 0.117. The molecule has 0 aromatic heterocycles. The molecule has 1 aliphatic carbocycles. The lowest BCUT2D eigenvalue weighted by atomic mass is 9.85. The zero-order chi connectivity index (χ0) is 14.7. The number of carbonyl (C=O) groups is 2. The zero-order valence-electron chi connectivity index (χ0n) is 12.1. The molecular formula is C16H21N3O2. The normalized spacial score (nSPS) is 18.3. The van der Waals surface area contributed by atoms with E-state index in [4.69, 9.17) is 0 Å². The summed E-state index contributed by atoms with van der Waals surface area (Å²) in [5.74, 6) is 0.554. The molecule has 1 N–H and O–H groups in total. The molecule has 0 bridgehead atoms. The van der Waals surface area contributed by atoms with Gasteiger partial charge in [-0.25, -0.2) is 4.79 Å². The highest BCUT2D eigenvalue weighted by molar-refractivity contribution is 5.97. The summed E-state index contributed by atoms with van der Waals surface area (Å²) in [7, 11) is 0. The van der Waals surface area contributed by atoms with E-state index in [1.165, 1.54) is 24.2 Å². The SMILES string of the molecule is O=C(CN(CC1CCC1)c1ccccc1)N1CCNC1=O. The van der Waals surface area contributed by atoms with Crippen LogP contribution in [0.1, 0.15) is 19.3 Å². The average Bonchev–Trinajstić information content (AvgIpc) is 2.88. The fraction of sp³-hybridized carbons (Fsp3) is 0.500. The van der Waals surface area contributed by atoms with Gasteiger partial charge in [0.1, 0.15) is 0 Å². The van der Waals surface area contributed by atoms with E-state index in [1.54, 1.807) is 0 Å². The number of hydrogen-bond donors (Lipinski definition) is 1. The Morgan fingerprint density at radius 3 is 2.62 bits per heavy atom. The summed E-state index contributed by atoms with van der Waals surface area (Å²) < 4.78 is 0. The Morgan fingerprint density at radius 2 is 2.05 bits per heavy atom. The van der Waals surface area contributed by atoms with Crippen LogP contribution in [-0.4, -0.2) is 43.0 Å². The Morgan fingerprint density at radius 1 is 1.29 bits per heavy atom. The van der Waals surface area contributed by atoms with Crippen LogP contribution in [0.4, 0.5) is 10.5 Å². The van der Waals surface area contributed by atoms with Crippen LogP contribution >= 0.6 is 0 Å². The van der Waals surface area contributed by atoms with E-state index in [9.17, 15) is 9.59 Å². The van der Waals surface area contributed by atoms with Crippen molar-refractivity contribution < 1.29 is 9.59 Å². The van der Waals surface area contributed by atoms with Gasteiger partial charge < -0.3 is 10.2 Å². The summed E-state index contributed by atoms with van der Waals surface area (Å²) in [4.78, 5) is 27.4. The van der Waals surface area contributed by atoms with E-state index >= 15 is 0 Å². The second-order valence-corrected chi connectivity index (χ2v) is 5.79. The van der Waals surface area contributed by atoms with Crippen molar-refractivity contribution in [1.82, 2.24) is 10.2 Å². The minimum atomic E-state index is -0.267. The van der Waals surface area contributed by atoms with Crippen LogP contribution in [0.15, 0.2) is 30.3 Å². The van der Waals surface area contributed by atoms with Crippen molar-refractivity contribution in [1.29, 1.82) is 0 Å². The first-order valence-corrected chi connectivity index (χ1v) is 7.62. The molecule has 0 atom stereocenters. The van der Waals surface area contributed by atoms with Gasteiger partial charge >= 0.3 is 6.03 Å². The van der Waals surface area contributed by atoms with E-state index in [-0.39, 0.29) is 18.5 Å². The van der Waals surface area contributed by atoms with Crippen molar-refractivity contribution >= 4 is 17.6 Å². The Labute approximate surface area is 124 Å². The molecule has 5 heteroatoms. The van der Waals surface area contributed by atoms with Gasteiger partial charge in [-0.15, -0.1) is 0 Å². The Bertz CT molecular complexity index is 514. The monoisotopic (exact) mass is 287 g/mol. The van der Waals surface area contributed by atoms with Crippen LogP contribution in [0.5, 0.6) is 0 Å². The first-order chi connectivity index (χ1) is 10.2. The number of rotatable bonds is 5. The molecule has 0 radical (unpaired) electrons. The quantitative estimate of drug-likeness (QED) is 0.899. The first-order valence-electron chi connectivity index (χ1n) is 7.62. The average molecular weight is 287 g/mol. The van der Waals surface area contributed by atoms with Crippen molar-refractivity contribution in [2.75, 3.05) is 31.1 Å². The molecule has 1 aliphatic heterocycles. The van der Waals surface area contributed by atoms with Gasteiger partial charge in [0.2, 0.25) is 5.91 Å². The summed E-state index contributed by atoms with van der Waals surface area (Å²) in [5, 5.41) is 2.67. The molecule has 5 nitrogen and oxygen atoms in total. The third-order valence-corrected chi connectivity index (χ3v) is 4.31. The summed E-state index contributed by atoms with van der Waals surface area (Å²) in [5.41, 5.74) is 1.05. The number of benzene rings is 1. The molecule has 2 aliphatic rings. The lowest BCUT2D eigenvalue weighted by Crippen LogP contribution is -2.44. The zero-order valence-corrected chi connectivity index (χ0v) is 12.1. The molecule has 1 aromatic rings. The number of imide groups is 1. The van der Waals surface area contributed by atoms with Gasteiger partial charge in [-0.2, -0.15) is 0 Å². The smallest absolute Gasteiger partial charge is 0.324 e. The topological polar surface area (TPSA) is 52.7 Å². The number of amides is 3. The molecule has 3 rings (SSSR count). The Kier molecular flexibility index (Phi) is 4.08. The van der Waals surface area contributed by atoms with E-state index < -0.39 is 0 Å². The molecule has 1 heterocycles. The molecule has 3 amide bonds. The number of anilines is 1. The number of nitrogens with zero attached hydrogens (tertiary/aromatic N) is 2. The lowest BCUT2D eigenvalue weighted by Gasteiger charge is -2.34. The van der Waals surface area contributed by atoms with Crippen LogP contribution < -0.4 is 10.2 Å². The van der Waals surface area contributed by atoms with Gasteiger partial charge in [0.05, 0.1) is 6.54 Å². The molecular weight excluding hydrogens is 266 g/mol. The van der Waals surface area contributed by atoms with Gasteiger partial charge in [-0.05, 0) is 30.9 Å². The number of urea groups is 1. The van der Waals surface area contributed by atoms with Gasteiger partial charge in [-0.1, -0.05) is 24.6 Å². The van der Waals surface area contributed by atoms with Crippen molar-refractivity contribution in [3.63, 3.8) is 0 Å². The predicted octanol–water partition coefficient (Wildman–Crippen LogP) is 1.84. The highest BCUT2D eigenvalue weighted by Crippen LogP contribution is 2.29. The molecule has 112 valence electrons. The predicted molar refractivity (Wildman–Crippen MR) is 81.1 cm³/mol. The van der Waals surface area contributed by atoms with Gasteiger partial charge in [0.15, 0.2) is 0 Å². The van der Waals surface area contributed by atoms with E-state index in [1.807, 2.05) is 30.3 Å². The highest BCUT2D eigenvalue weighted by Gasteiger charge is 2.29. The third kappa shape index (κ3) is 3.17. The van der Waals surface area contributed by atoms with Crippen LogP contribution in [0.3, 0.4) is 0 Å². The van der Waals surface area contributed by atoms with Gasteiger partial charge in [0.25, 0.3) is 0 Å². The van der Waals surface area contributed by atoms with E-state index in [2.05, 4.69) is 10.2 Å². The van der Waals surface area contributed by atoms with Gasteiger partial charge in [0, 0.05) is 25.3 Å². The van der Waals surface area contributed by atoms with E-state index in [0.717, 1.165) is 12.2 Å². The summed E-state index contributed by atoms with van der Waals surface area (Å²) in [6, 6.07) is 9.72. The number of para-hydroxylation sites is 1. The van der Waals surface area contributed by atoms with Crippen molar-refractivity contribution in [3.8, 4) is 0 Å². The fourth-order valence-corrected chi connectivity index (χ4v) is 2.85. The molecule has 0 spiro atoms. The highest BCUT2D eigenvalue weighted by atomic mass is 16.2. The summed E-state index contributed by atoms with van der Waals surface area (Å²) in [6.45, 7) is 2.20.